The first-order chi connectivity index (χ1) is 22.1. The van der Waals surface area contributed by atoms with Crippen LogP contribution in [0, 0.1) is 5.41 Å². The van der Waals surface area contributed by atoms with Gasteiger partial charge in [0.25, 0.3) is 5.91 Å². The van der Waals surface area contributed by atoms with Crippen molar-refractivity contribution < 1.29 is 19.1 Å². The number of benzene rings is 1. The Kier molecular flexibility index (Phi) is 9.34. The van der Waals surface area contributed by atoms with Crippen LogP contribution in [0.15, 0.2) is 42.6 Å². The van der Waals surface area contributed by atoms with Gasteiger partial charge >= 0.3 is 5.97 Å². The van der Waals surface area contributed by atoms with Crippen LogP contribution in [0.1, 0.15) is 69.9 Å². The Bertz CT molecular complexity index is 1640. The fraction of sp³-hybridized carbons (Fsp3) is 0.528. The van der Waals surface area contributed by atoms with Crippen LogP contribution in [-0.2, 0) is 32.0 Å². The number of hydrogen-bond donors (Lipinski definition) is 2. The lowest BCUT2D eigenvalue weighted by Gasteiger charge is -2.36. The van der Waals surface area contributed by atoms with Crippen molar-refractivity contribution in [2.75, 3.05) is 39.9 Å². The largest absolute Gasteiger partial charge is 0.464 e. The van der Waals surface area contributed by atoms with Gasteiger partial charge in [0.15, 0.2) is 0 Å². The van der Waals surface area contributed by atoms with Crippen LogP contribution in [0.25, 0.3) is 27.7 Å². The number of aryl methyl sites for hydroxylation is 1. The summed E-state index contributed by atoms with van der Waals surface area (Å²) in [5.74, 6) is -0.528. The maximum absolute atomic E-state index is 13.4. The van der Waals surface area contributed by atoms with Gasteiger partial charge in [0.2, 0.25) is 0 Å². The molecule has 10 heteroatoms. The van der Waals surface area contributed by atoms with Gasteiger partial charge < -0.3 is 19.8 Å². The molecule has 0 aliphatic carbocycles. The third-order valence-electron chi connectivity index (χ3n) is 9.69. The zero-order valence-electron chi connectivity index (χ0n) is 27.8. The van der Waals surface area contributed by atoms with Crippen LogP contribution in [0.3, 0.4) is 0 Å². The predicted molar refractivity (Wildman–Crippen MR) is 180 cm³/mol. The van der Waals surface area contributed by atoms with Crippen molar-refractivity contribution in [1.29, 1.82) is 0 Å². The summed E-state index contributed by atoms with van der Waals surface area (Å²) < 4.78 is 14.2. The summed E-state index contributed by atoms with van der Waals surface area (Å²) in [6, 6.07) is 9.62. The van der Waals surface area contributed by atoms with Crippen molar-refractivity contribution in [2.24, 2.45) is 11.1 Å². The maximum Gasteiger partial charge on any atom is 0.324 e. The van der Waals surface area contributed by atoms with Crippen LogP contribution >= 0.6 is 0 Å². The molecule has 6 rings (SSSR count). The molecule has 3 aromatic rings. The number of methoxy groups -OCH3 is 1. The number of esters is 1. The number of pyridine rings is 1. The van der Waals surface area contributed by atoms with E-state index in [4.69, 9.17) is 20.2 Å². The minimum Gasteiger partial charge on any atom is -0.464 e. The molecule has 1 aromatic carbocycles. The molecule has 0 saturated carbocycles. The Morgan fingerprint density at radius 1 is 1.22 bits per heavy atom. The van der Waals surface area contributed by atoms with Gasteiger partial charge in [-0.2, -0.15) is 0 Å². The van der Waals surface area contributed by atoms with E-state index in [0.717, 1.165) is 48.5 Å². The molecule has 3 N–H and O–H groups in total. The number of carbonyl (C=O) groups excluding carboxylic acids is 2. The van der Waals surface area contributed by atoms with Crippen molar-refractivity contribution in [2.45, 2.75) is 78.1 Å². The van der Waals surface area contributed by atoms with Crippen LogP contribution in [-0.4, -0.2) is 83.3 Å². The Hall–Kier alpha value is -3.57. The van der Waals surface area contributed by atoms with Gasteiger partial charge in [-0.25, -0.2) is 5.43 Å². The number of nitrogens with two attached hydrogens (primary N) is 1. The monoisotopic (exact) mass is 628 g/mol. The lowest BCUT2D eigenvalue weighted by molar-refractivity contribution is -0.155. The number of amides is 1. The summed E-state index contributed by atoms with van der Waals surface area (Å²) in [5, 5.41) is 2.71. The number of cyclic esters (lactones) is 1. The van der Waals surface area contributed by atoms with E-state index in [1.54, 1.807) is 7.11 Å². The SMILES string of the molecule is CCn1c(-c2cccnc2[C@H](C)OC)c2c3cc(ccc31)C1=CCCN(C1)CC(N)C(=O)N1CCC[C@H](N1)C(=O)OCC(C)(C)C2. The van der Waals surface area contributed by atoms with E-state index in [9.17, 15) is 9.59 Å². The fourth-order valence-corrected chi connectivity index (χ4v) is 7.23. The molecule has 46 heavy (non-hydrogen) atoms. The van der Waals surface area contributed by atoms with Crippen molar-refractivity contribution in [3.05, 3.63) is 59.4 Å². The van der Waals surface area contributed by atoms with E-state index < -0.39 is 12.1 Å². The van der Waals surface area contributed by atoms with Gasteiger partial charge in [-0.1, -0.05) is 26.0 Å². The second kappa shape index (κ2) is 13.3. The van der Waals surface area contributed by atoms with Crippen molar-refractivity contribution in [3.8, 4) is 11.3 Å². The maximum atomic E-state index is 13.4. The second-order valence-corrected chi connectivity index (χ2v) is 13.7. The molecule has 1 fully saturated rings. The molecule has 1 amide bonds. The van der Waals surface area contributed by atoms with E-state index in [1.165, 1.54) is 27.1 Å². The minimum absolute atomic E-state index is 0.186. The van der Waals surface area contributed by atoms with E-state index in [0.29, 0.717) is 32.4 Å². The number of nitrogens with zero attached hydrogens (tertiary/aromatic N) is 4. The highest BCUT2D eigenvalue weighted by Gasteiger charge is 2.34. The molecule has 3 aliphatic rings. The molecule has 3 aliphatic heterocycles. The second-order valence-electron chi connectivity index (χ2n) is 13.7. The van der Waals surface area contributed by atoms with Crippen molar-refractivity contribution in [3.63, 3.8) is 0 Å². The van der Waals surface area contributed by atoms with E-state index in [1.807, 2.05) is 19.2 Å². The summed E-state index contributed by atoms with van der Waals surface area (Å²) in [4.78, 5) is 33.8. The summed E-state index contributed by atoms with van der Waals surface area (Å²) in [7, 11) is 1.71. The zero-order valence-corrected chi connectivity index (χ0v) is 27.8. The van der Waals surface area contributed by atoms with E-state index in [-0.39, 0.29) is 30.0 Å². The highest BCUT2D eigenvalue weighted by molar-refractivity contribution is 5.95. The third-order valence-corrected chi connectivity index (χ3v) is 9.69. The Labute approximate surface area is 271 Å². The van der Waals surface area contributed by atoms with Gasteiger partial charge in [-0.05, 0) is 80.5 Å². The molecule has 2 aromatic heterocycles. The van der Waals surface area contributed by atoms with Crippen molar-refractivity contribution >= 4 is 28.4 Å². The Morgan fingerprint density at radius 3 is 2.83 bits per heavy atom. The van der Waals surface area contributed by atoms with Gasteiger partial charge in [-0.15, -0.1) is 0 Å². The van der Waals surface area contributed by atoms with Gasteiger partial charge in [-0.3, -0.25) is 24.5 Å². The Morgan fingerprint density at radius 2 is 2.04 bits per heavy atom. The highest BCUT2D eigenvalue weighted by Crippen LogP contribution is 2.41. The average Bonchev–Trinajstić information content (AvgIpc) is 3.37. The number of rotatable bonds is 4. The molecule has 4 atom stereocenters. The fourth-order valence-electron chi connectivity index (χ4n) is 7.23. The zero-order chi connectivity index (χ0) is 32.6. The topological polar surface area (TPSA) is 115 Å². The van der Waals surface area contributed by atoms with E-state index in [2.05, 4.69) is 66.0 Å². The van der Waals surface area contributed by atoms with Crippen LogP contribution < -0.4 is 11.2 Å². The van der Waals surface area contributed by atoms with Crippen molar-refractivity contribution in [1.82, 2.24) is 24.9 Å². The lowest BCUT2D eigenvalue weighted by atomic mass is 9.84. The number of ether oxygens (including phenoxy) is 2. The minimum atomic E-state index is -0.696. The standard InChI is InChI=1S/C36H48N6O4/c1-6-41-31-14-13-24-18-27(31)28(33(41)26-11-7-15-38-32(26)23(2)45-5)19-36(3,4)22-46-35(44)30-12-9-17-42(39-30)34(43)29(37)21-40-16-8-10-25(24)20-40/h7,10-11,13-15,18,23,29-30,39H,6,8-9,12,16-17,19-22,37H2,1-5H3/t23-,29?,30-/m0/s1. The number of carbonyl (C=O) groups is 2. The van der Waals surface area contributed by atoms with Crippen LogP contribution in [0.2, 0.25) is 0 Å². The van der Waals surface area contributed by atoms with Gasteiger partial charge in [0, 0.05) is 67.9 Å². The predicted octanol–water partition coefficient (Wildman–Crippen LogP) is 4.47. The first-order valence-electron chi connectivity index (χ1n) is 16.6. The van der Waals surface area contributed by atoms with Gasteiger partial charge in [0.1, 0.15) is 6.04 Å². The summed E-state index contributed by atoms with van der Waals surface area (Å²) in [6.07, 6.45) is 6.84. The van der Waals surface area contributed by atoms with Crippen LogP contribution in [0.4, 0.5) is 0 Å². The molecule has 2 unspecified atom stereocenters. The smallest absolute Gasteiger partial charge is 0.324 e. The van der Waals surface area contributed by atoms with Gasteiger partial charge in [0.05, 0.1) is 30.1 Å². The van der Waals surface area contributed by atoms with E-state index >= 15 is 0 Å². The molecule has 1 saturated heterocycles. The number of aromatic nitrogens is 2. The summed E-state index contributed by atoms with van der Waals surface area (Å²) in [5.41, 5.74) is 17.1. The first kappa shape index (κ1) is 32.4. The third kappa shape index (κ3) is 6.36. The quantitative estimate of drug-likeness (QED) is 0.407. The first-order valence-corrected chi connectivity index (χ1v) is 16.6. The molecule has 5 heterocycles. The summed E-state index contributed by atoms with van der Waals surface area (Å²) >= 11 is 0. The molecular formula is C36H48N6O4. The summed E-state index contributed by atoms with van der Waals surface area (Å²) in [6.45, 7) is 12.0. The molecule has 0 radical (unpaired) electrons. The molecule has 246 valence electrons. The molecule has 0 spiro atoms. The normalized spacial score (nSPS) is 24.7. The lowest BCUT2D eigenvalue weighted by Crippen LogP contribution is -2.60. The highest BCUT2D eigenvalue weighted by atomic mass is 16.5. The van der Waals surface area contributed by atoms with Crippen LogP contribution in [0.5, 0.6) is 0 Å². The number of hydrazine groups is 1. The molecular weight excluding hydrogens is 580 g/mol. The number of fused-ring (bicyclic) bond motifs is 6. The number of nitrogens with one attached hydrogen (secondary N) is 1. The molecule has 6 bridgehead atoms. The average molecular weight is 629 g/mol. The molecule has 10 nitrogen and oxygen atoms in total. The number of hydrogen-bond acceptors (Lipinski definition) is 8. The Balaban J connectivity index is 1.50.